The van der Waals surface area contributed by atoms with Gasteiger partial charge in [0.1, 0.15) is 0 Å². The second-order valence-electron chi connectivity index (χ2n) is 15.4. The molecule has 0 aromatic heterocycles. The molecule has 5 aliphatic carbocycles. The van der Waals surface area contributed by atoms with E-state index in [1.54, 1.807) is 11.1 Å². The first-order valence-corrected chi connectivity index (χ1v) is 18.4. The third-order valence-electron chi connectivity index (χ3n) is 13.0. The van der Waals surface area contributed by atoms with Crippen molar-refractivity contribution in [2.75, 3.05) is 4.90 Å². The number of nitrogens with zero attached hydrogens (tertiary/aromatic N) is 1. The van der Waals surface area contributed by atoms with E-state index in [4.69, 9.17) is 0 Å². The van der Waals surface area contributed by atoms with Crippen molar-refractivity contribution < 1.29 is 0 Å². The van der Waals surface area contributed by atoms with Gasteiger partial charge in [-0.05, 0) is 130 Å². The molecule has 0 amide bonds. The Balaban J connectivity index is 1.05. The maximum absolute atomic E-state index is 2.61. The smallest absolute Gasteiger partial charge is 0.0540 e. The fourth-order valence-corrected chi connectivity index (χ4v) is 11.3. The van der Waals surface area contributed by atoms with Gasteiger partial charge < -0.3 is 4.90 Å². The molecule has 0 unspecified atom stereocenters. The van der Waals surface area contributed by atoms with Crippen LogP contribution in [0.25, 0.3) is 43.8 Å². The van der Waals surface area contributed by atoms with Gasteiger partial charge in [-0.3, -0.25) is 0 Å². The molecular weight excluding hydrogens is 591 g/mol. The highest BCUT2D eigenvalue weighted by molar-refractivity contribution is 6.04. The average molecular weight is 630 g/mol. The van der Waals surface area contributed by atoms with Crippen molar-refractivity contribution in [3.05, 3.63) is 163 Å². The fourth-order valence-electron chi connectivity index (χ4n) is 11.3. The first-order chi connectivity index (χ1) is 24.3. The highest BCUT2D eigenvalue weighted by Crippen LogP contribution is 2.69. The Kier molecular flexibility index (Phi) is 5.91. The molecule has 49 heavy (non-hydrogen) atoms. The molecule has 1 heteroatoms. The largest absolute Gasteiger partial charge is 0.309 e. The van der Waals surface area contributed by atoms with E-state index >= 15 is 0 Å². The van der Waals surface area contributed by atoms with Crippen LogP contribution in [0.1, 0.15) is 43.2 Å². The van der Waals surface area contributed by atoms with Crippen LogP contribution < -0.4 is 4.90 Å². The molecule has 0 aliphatic heterocycles. The average Bonchev–Trinajstić information content (AvgIpc) is 3.44. The lowest BCUT2D eigenvalue weighted by Crippen LogP contribution is -2.55. The molecule has 0 N–H and O–H groups in total. The summed E-state index contributed by atoms with van der Waals surface area (Å²) in [4.78, 5) is 2.46. The van der Waals surface area contributed by atoms with Gasteiger partial charge in [0.25, 0.3) is 0 Å². The van der Waals surface area contributed by atoms with Crippen LogP contribution in [0, 0.1) is 23.7 Å². The molecule has 12 rings (SSSR count). The van der Waals surface area contributed by atoms with Crippen LogP contribution in [0.15, 0.2) is 152 Å². The molecule has 0 radical (unpaired) electrons. The summed E-state index contributed by atoms with van der Waals surface area (Å²) in [6.07, 6.45) is 7.14. The Bertz CT molecular complexity index is 2300. The summed E-state index contributed by atoms with van der Waals surface area (Å²) in [5, 5.41) is 5.00. The maximum atomic E-state index is 2.61. The third-order valence-corrected chi connectivity index (χ3v) is 13.0. The lowest BCUT2D eigenvalue weighted by Gasteiger charge is -2.61. The Morgan fingerprint density at radius 3 is 1.61 bits per heavy atom. The van der Waals surface area contributed by atoms with Gasteiger partial charge in [-0.1, -0.05) is 121 Å². The number of rotatable bonds is 4. The summed E-state index contributed by atoms with van der Waals surface area (Å²) in [5.74, 6) is 3.45. The van der Waals surface area contributed by atoms with E-state index in [2.05, 4.69) is 157 Å². The standard InChI is InChI=1S/C48H39N/c1-3-13-40-34(9-1)11-7-17-46(40)49(47-18-8-12-35-10-2-4-14-41(35)47)39-22-19-33(20-23-39)36-21-24-43-42-15-5-6-16-44(42)48(45(43)30-36)37-26-31-25-32(28-37)29-38(48)27-31/h1-24,30-32,37-38H,25-29H2. The Labute approximate surface area is 288 Å². The number of fused-ring (bicyclic) bond motifs is 5. The molecule has 236 valence electrons. The number of anilines is 3. The topological polar surface area (TPSA) is 3.24 Å². The zero-order valence-electron chi connectivity index (χ0n) is 27.7. The van der Waals surface area contributed by atoms with Crippen LogP contribution in [0.4, 0.5) is 17.1 Å². The van der Waals surface area contributed by atoms with Crippen molar-refractivity contribution in [3.8, 4) is 22.3 Å². The van der Waals surface area contributed by atoms with Crippen molar-refractivity contribution in [2.45, 2.75) is 37.5 Å². The molecule has 7 aromatic rings. The van der Waals surface area contributed by atoms with E-state index in [1.165, 1.54) is 93.0 Å². The SMILES string of the molecule is c1ccc2c(c1)-c1ccc(-c3ccc(N(c4cccc5ccccc45)c4cccc5ccccc45)cc3)cc1C21C2CC3CC(C2)CC1C3. The van der Waals surface area contributed by atoms with Crippen molar-refractivity contribution in [3.63, 3.8) is 0 Å². The quantitative estimate of drug-likeness (QED) is 0.187. The summed E-state index contributed by atoms with van der Waals surface area (Å²) in [6.45, 7) is 0. The first kappa shape index (κ1) is 27.8. The summed E-state index contributed by atoms with van der Waals surface area (Å²) >= 11 is 0. The Morgan fingerprint density at radius 1 is 0.429 bits per heavy atom. The van der Waals surface area contributed by atoms with Crippen molar-refractivity contribution in [1.29, 1.82) is 0 Å². The van der Waals surface area contributed by atoms with Crippen LogP contribution in [-0.2, 0) is 5.41 Å². The van der Waals surface area contributed by atoms with E-state index < -0.39 is 0 Å². The summed E-state index contributed by atoms with van der Waals surface area (Å²) < 4.78 is 0. The van der Waals surface area contributed by atoms with Gasteiger partial charge in [-0.25, -0.2) is 0 Å². The minimum atomic E-state index is 0.189. The predicted molar refractivity (Wildman–Crippen MR) is 205 cm³/mol. The zero-order chi connectivity index (χ0) is 32.1. The van der Waals surface area contributed by atoms with Crippen molar-refractivity contribution >= 4 is 38.6 Å². The third kappa shape index (κ3) is 3.93. The van der Waals surface area contributed by atoms with Crippen LogP contribution in [0.5, 0.6) is 0 Å². The molecule has 1 spiro atoms. The van der Waals surface area contributed by atoms with E-state index in [9.17, 15) is 0 Å². The second-order valence-corrected chi connectivity index (χ2v) is 15.4. The van der Waals surface area contributed by atoms with Gasteiger partial charge in [0.05, 0.1) is 11.4 Å². The second kappa shape index (κ2) is 10.4. The summed E-state index contributed by atoms with van der Waals surface area (Å²) in [5.41, 5.74) is 12.6. The van der Waals surface area contributed by atoms with Gasteiger partial charge in [0.2, 0.25) is 0 Å². The van der Waals surface area contributed by atoms with E-state index in [1.807, 2.05) is 0 Å². The molecule has 1 nitrogen and oxygen atoms in total. The molecule has 0 heterocycles. The van der Waals surface area contributed by atoms with Crippen LogP contribution >= 0.6 is 0 Å². The minimum absolute atomic E-state index is 0.189. The van der Waals surface area contributed by atoms with Gasteiger partial charge in [0.15, 0.2) is 0 Å². The lowest BCUT2D eigenvalue weighted by molar-refractivity contribution is -0.0399. The molecule has 4 saturated carbocycles. The molecule has 4 fully saturated rings. The molecular formula is C48H39N. The van der Waals surface area contributed by atoms with Crippen LogP contribution in [0.3, 0.4) is 0 Å². The summed E-state index contributed by atoms with van der Waals surface area (Å²) in [7, 11) is 0. The zero-order valence-corrected chi connectivity index (χ0v) is 27.7. The number of benzene rings is 7. The Morgan fingerprint density at radius 2 is 0.959 bits per heavy atom. The normalized spacial score (nSPS) is 24.4. The van der Waals surface area contributed by atoms with Gasteiger partial charge in [-0.2, -0.15) is 0 Å². The highest BCUT2D eigenvalue weighted by atomic mass is 15.1. The summed E-state index contributed by atoms with van der Waals surface area (Å²) in [6, 6.07) is 57.1. The van der Waals surface area contributed by atoms with Gasteiger partial charge >= 0.3 is 0 Å². The number of hydrogen-bond donors (Lipinski definition) is 0. The predicted octanol–water partition coefficient (Wildman–Crippen LogP) is 12.9. The van der Waals surface area contributed by atoms with E-state index in [-0.39, 0.29) is 5.41 Å². The van der Waals surface area contributed by atoms with Crippen LogP contribution in [0.2, 0.25) is 0 Å². The molecule has 0 saturated heterocycles. The van der Waals surface area contributed by atoms with Crippen molar-refractivity contribution in [1.82, 2.24) is 0 Å². The van der Waals surface area contributed by atoms with E-state index in [0.717, 1.165) is 23.7 Å². The minimum Gasteiger partial charge on any atom is -0.309 e. The lowest BCUT2D eigenvalue weighted by atomic mass is 9.43. The maximum Gasteiger partial charge on any atom is 0.0540 e. The Hall–Kier alpha value is -5.14. The van der Waals surface area contributed by atoms with E-state index in [0.29, 0.717) is 0 Å². The molecule has 4 bridgehead atoms. The number of hydrogen-bond acceptors (Lipinski definition) is 1. The fraction of sp³-hybridized carbons (Fsp3) is 0.208. The van der Waals surface area contributed by atoms with Crippen LogP contribution in [-0.4, -0.2) is 0 Å². The molecule has 7 aromatic carbocycles. The molecule has 5 aliphatic rings. The first-order valence-electron chi connectivity index (χ1n) is 18.4. The van der Waals surface area contributed by atoms with Crippen molar-refractivity contribution in [2.24, 2.45) is 23.7 Å². The monoisotopic (exact) mass is 629 g/mol. The highest BCUT2D eigenvalue weighted by Gasteiger charge is 2.61. The molecule has 0 atom stereocenters. The van der Waals surface area contributed by atoms with Gasteiger partial charge in [0, 0.05) is 21.9 Å². The van der Waals surface area contributed by atoms with Gasteiger partial charge in [-0.15, -0.1) is 0 Å².